The third-order valence-corrected chi connectivity index (χ3v) is 4.22. The van der Waals surface area contributed by atoms with Crippen LogP contribution in [0.5, 0.6) is 0 Å². The van der Waals surface area contributed by atoms with Crippen LogP contribution in [0, 0.1) is 11.3 Å². The molecule has 0 spiro atoms. The van der Waals surface area contributed by atoms with Gasteiger partial charge in [0.2, 0.25) is 0 Å². The summed E-state index contributed by atoms with van der Waals surface area (Å²) in [6, 6.07) is 16.5. The molecule has 1 saturated heterocycles. The van der Waals surface area contributed by atoms with Gasteiger partial charge in [0, 0.05) is 0 Å². The number of carbonyl (C=O) groups excluding carboxylic acids is 3. The summed E-state index contributed by atoms with van der Waals surface area (Å²) >= 11 is 0. The van der Waals surface area contributed by atoms with Gasteiger partial charge in [0.05, 0.1) is 24.2 Å². The molecular weight excluding hydrogens is 318 g/mol. The number of benzene rings is 2. The average molecular weight is 333 g/mol. The molecular formula is C19H15N3O3. The maximum atomic E-state index is 12.7. The predicted octanol–water partition coefficient (Wildman–Crippen LogP) is 2.61. The highest BCUT2D eigenvalue weighted by molar-refractivity contribution is 6.44. The third kappa shape index (κ3) is 2.88. The fourth-order valence-electron chi connectivity index (χ4n) is 2.82. The van der Waals surface area contributed by atoms with Crippen molar-refractivity contribution < 1.29 is 14.4 Å². The zero-order valence-electron chi connectivity index (χ0n) is 13.5. The number of imide groups is 2. The molecule has 1 fully saturated rings. The monoisotopic (exact) mass is 333 g/mol. The van der Waals surface area contributed by atoms with Gasteiger partial charge in [-0.1, -0.05) is 48.5 Å². The molecule has 2 aromatic rings. The quantitative estimate of drug-likeness (QED) is 0.636. The average Bonchev–Trinajstić information content (AvgIpc) is 2.86. The Hall–Kier alpha value is -3.46. The summed E-state index contributed by atoms with van der Waals surface area (Å²) in [6.45, 7) is 1.59. The minimum absolute atomic E-state index is 0.106. The minimum atomic E-state index is -0.875. The SMILES string of the molecule is CC(c1ccccc1)N1C(=O)C(=O)N(Cc2ccccc2C#N)C1=O. The summed E-state index contributed by atoms with van der Waals surface area (Å²) in [7, 11) is 0. The molecule has 0 radical (unpaired) electrons. The van der Waals surface area contributed by atoms with Crippen molar-refractivity contribution in [2.24, 2.45) is 0 Å². The lowest BCUT2D eigenvalue weighted by Crippen LogP contribution is -2.35. The van der Waals surface area contributed by atoms with Crippen molar-refractivity contribution in [3.63, 3.8) is 0 Å². The van der Waals surface area contributed by atoms with E-state index in [1.54, 1.807) is 55.5 Å². The normalized spacial score (nSPS) is 15.4. The number of urea groups is 1. The molecule has 0 bridgehead atoms. The fourth-order valence-corrected chi connectivity index (χ4v) is 2.82. The molecule has 3 rings (SSSR count). The Morgan fingerprint density at radius 2 is 1.60 bits per heavy atom. The Labute approximate surface area is 144 Å². The van der Waals surface area contributed by atoms with Crippen LogP contribution in [-0.4, -0.2) is 27.6 Å². The zero-order valence-corrected chi connectivity index (χ0v) is 13.5. The van der Waals surface area contributed by atoms with Gasteiger partial charge in [0.15, 0.2) is 0 Å². The second-order valence-corrected chi connectivity index (χ2v) is 5.70. The van der Waals surface area contributed by atoms with Gasteiger partial charge in [0.25, 0.3) is 0 Å². The van der Waals surface area contributed by atoms with Gasteiger partial charge >= 0.3 is 17.8 Å². The van der Waals surface area contributed by atoms with Crippen molar-refractivity contribution in [3.8, 4) is 6.07 Å². The van der Waals surface area contributed by atoms with Crippen LogP contribution in [0.1, 0.15) is 29.7 Å². The van der Waals surface area contributed by atoms with E-state index in [0.717, 1.165) is 15.4 Å². The second kappa shape index (κ2) is 6.57. The lowest BCUT2D eigenvalue weighted by atomic mass is 10.1. The highest BCUT2D eigenvalue weighted by Gasteiger charge is 2.46. The van der Waals surface area contributed by atoms with Gasteiger partial charge in [-0.05, 0) is 24.1 Å². The van der Waals surface area contributed by atoms with Gasteiger partial charge in [-0.3, -0.25) is 14.5 Å². The molecule has 124 valence electrons. The molecule has 1 aliphatic rings. The van der Waals surface area contributed by atoms with E-state index in [9.17, 15) is 14.4 Å². The highest BCUT2D eigenvalue weighted by atomic mass is 16.2. The maximum absolute atomic E-state index is 12.7. The number of carbonyl (C=O) groups is 3. The van der Waals surface area contributed by atoms with Crippen molar-refractivity contribution in [3.05, 3.63) is 71.3 Å². The Morgan fingerprint density at radius 3 is 2.28 bits per heavy atom. The summed E-state index contributed by atoms with van der Waals surface area (Å²) in [5.74, 6) is -1.73. The number of nitrogens with zero attached hydrogens (tertiary/aromatic N) is 3. The standard InChI is InChI=1S/C19H15N3O3/c1-13(14-7-3-2-4-8-14)22-18(24)17(23)21(19(22)25)12-16-10-6-5-9-15(16)11-20/h2-10,13H,12H2,1H3. The highest BCUT2D eigenvalue weighted by Crippen LogP contribution is 2.27. The molecule has 6 nitrogen and oxygen atoms in total. The molecule has 1 unspecified atom stereocenters. The van der Waals surface area contributed by atoms with E-state index in [4.69, 9.17) is 5.26 Å². The Bertz CT molecular complexity index is 886. The first-order valence-corrected chi connectivity index (χ1v) is 7.76. The predicted molar refractivity (Wildman–Crippen MR) is 88.8 cm³/mol. The largest absolute Gasteiger partial charge is 0.335 e. The third-order valence-electron chi connectivity index (χ3n) is 4.22. The Kier molecular flexibility index (Phi) is 4.31. The van der Waals surface area contributed by atoms with E-state index in [1.807, 2.05) is 12.1 Å². The molecule has 1 aliphatic heterocycles. The van der Waals surface area contributed by atoms with Crippen LogP contribution < -0.4 is 0 Å². The van der Waals surface area contributed by atoms with Gasteiger partial charge in [-0.25, -0.2) is 9.69 Å². The molecule has 0 aliphatic carbocycles. The van der Waals surface area contributed by atoms with Crippen LogP contribution in [0.4, 0.5) is 4.79 Å². The summed E-state index contributed by atoms with van der Waals surface area (Å²) in [5.41, 5.74) is 1.65. The van der Waals surface area contributed by atoms with Crippen LogP contribution in [0.3, 0.4) is 0 Å². The topological polar surface area (TPSA) is 81.5 Å². The van der Waals surface area contributed by atoms with Crippen molar-refractivity contribution in [2.75, 3.05) is 0 Å². The summed E-state index contributed by atoms with van der Waals surface area (Å²) < 4.78 is 0. The number of hydrogen-bond acceptors (Lipinski definition) is 4. The number of amides is 4. The fraction of sp³-hybridized carbons (Fsp3) is 0.158. The first kappa shape index (κ1) is 16.4. The first-order valence-electron chi connectivity index (χ1n) is 7.76. The maximum Gasteiger partial charge on any atom is 0.335 e. The zero-order chi connectivity index (χ0) is 18.0. The number of nitriles is 1. The molecule has 0 N–H and O–H groups in total. The number of hydrogen-bond donors (Lipinski definition) is 0. The Balaban J connectivity index is 1.89. The van der Waals surface area contributed by atoms with Gasteiger partial charge in [0.1, 0.15) is 0 Å². The van der Waals surface area contributed by atoms with Gasteiger partial charge < -0.3 is 0 Å². The van der Waals surface area contributed by atoms with Crippen molar-refractivity contribution >= 4 is 17.8 Å². The summed E-state index contributed by atoms with van der Waals surface area (Å²) in [4.78, 5) is 39.2. The minimum Gasteiger partial charge on any atom is -0.263 e. The van der Waals surface area contributed by atoms with Crippen LogP contribution in [0.2, 0.25) is 0 Å². The van der Waals surface area contributed by atoms with Crippen LogP contribution in [0.15, 0.2) is 54.6 Å². The van der Waals surface area contributed by atoms with Crippen LogP contribution in [0.25, 0.3) is 0 Å². The van der Waals surface area contributed by atoms with E-state index in [0.29, 0.717) is 11.1 Å². The van der Waals surface area contributed by atoms with Gasteiger partial charge in [-0.2, -0.15) is 5.26 Å². The molecule has 0 saturated carbocycles. The second-order valence-electron chi connectivity index (χ2n) is 5.70. The summed E-state index contributed by atoms with van der Waals surface area (Å²) in [5, 5.41) is 9.15. The molecule has 0 aromatic heterocycles. The lowest BCUT2D eigenvalue weighted by molar-refractivity contribution is -0.144. The van der Waals surface area contributed by atoms with E-state index < -0.39 is 23.9 Å². The molecule has 1 atom stereocenters. The van der Waals surface area contributed by atoms with Crippen LogP contribution >= 0.6 is 0 Å². The molecule has 6 heteroatoms. The van der Waals surface area contributed by atoms with E-state index in [2.05, 4.69) is 0 Å². The first-order chi connectivity index (χ1) is 12.0. The van der Waals surface area contributed by atoms with E-state index >= 15 is 0 Å². The lowest BCUT2D eigenvalue weighted by Gasteiger charge is -2.22. The molecule has 4 amide bonds. The van der Waals surface area contributed by atoms with Crippen molar-refractivity contribution in [1.82, 2.24) is 9.80 Å². The van der Waals surface area contributed by atoms with Gasteiger partial charge in [-0.15, -0.1) is 0 Å². The van der Waals surface area contributed by atoms with E-state index in [1.165, 1.54) is 0 Å². The Morgan fingerprint density at radius 1 is 0.960 bits per heavy atom. The number of rotatable bonds is 4. The molecule has 1 heterocycles. The summed E-state index contributed by atoms with van der Waals surface area (Å²) in [6.07, 6.45) is 0. The van der Waals surface area contributed by atoms with Crippen molar-refractivity contribution in [2.45, 2.75) is 19.5 Å². The van der Waals surface area contributed by atoms with Crippen LogP contribution in [-0.2, 0) is 16.1 Å². The van der Waals surface area contributed by atoms with Crippen molar-refractivity contribution in [1.29, 1.82) is 5.26 Å². The smallest absolute Gasteiger partial charge is 0.263 e. The molecule has 25 heavy (non-hydrogen) atoms. The molecule has 2 aromatic carbocycles. The van der Waals surface area contributed by atoms with E-state index in [-0.39, 0.29) is 6.54 Å².